The Morgan fingerprint density at radius 2 is 2.11 bits per heavy atom. The summed E-state index contributed by atoms with van der Waals surface area (Å²) in [6.45, 7) is 8.47. The van der Waals surface area contributed by atoms with Gasteiger partial charge in [0.1, 0.15) is 0 Å². The van der Waals surface area contributed by atoms with Gasteiger partial charge in [-0.05, 0) is 47.0 Å². The van der Waals surface area contributed by atoms with E-state index in [0.717, 1.165) is 28.8 Å². The highest BCUT2D eigenvalue weighted by molar-refractivity contribution is 9.10. The van der Waals surface area contributed by atoms with Crippen molar-refractivity contribution in [2.24, 2.45) is 5.92 Å². The van der Waals surface area contributed by atoms with Crippen LogP contribution in [0.15, 0.2) is 22.7 Å². The van der Waals surface area contributed by atoms with Crippen LogP contribution in [0.4, 0.5) is 5.69 Å². The van der Waals surface area contributed by atoms with E-state index >= 15 is 0 Å². The van der Waals surface area contributed by atoms with Crippen molar-refractivity contribution in [3.05, 3.63) is 28.2 Å². The number of carbonyl (C=O) groups excluding carboxylic acids is 1. The Bertz CT molecular complexity index is 432. The lowest BCUT2D eigenvalue weighted by molar-refractivity contribution is 0.101. The lowest BCUT2D eigenvalue weighted by atomic mass is 10.1. The summed E-state index contributed by atoms with van der Waals surface area (Å²) in [4.78, 5) is 13.7. The number of methoxy groups -OCH3 is 1. The van der Waals surface area contributed by atoms with Crippen molar-refractivity contribution in [1.29, 1.82) is 0 Å². The number of ether oxygens (including phenoxy) is 1. The van der Waals surface area contributed by atoms with Crippen LogP contribution in [-0.4, -0.2) is 32.6 Å². The number of hydrogen-bond donors (Lipinski definition) is 0. The standard InChI is InChI=1S/C15H22BrNO2/c1-11(2)10-17(7-8-19-4)13-5-6-14(12(3)18)15(16)9-13/h5-6,9,11H,7-8,10H2,1-4H3. The zero-order chi connectivity index (χ0) is 14.4. The first-order chi connectivity index (χ1) is 8.95. The van der Waals surface area contributed by atoms with E-state index < -0.39 is 0 Å². The SMILES string of the molecule is COCCN(CC(C)C)c1ccc(C(C)=O)c(Br)c1. The lowest BCUT2D eigenvalue weighted by Crippen LogP contribution is -2.31. The third-order valence-electron chi connectivity index (χ3n) is 2.85. The van der Waals surface area contributed by atoms with Gasteiger partial charge in [0.2, 0.25) is 0 Å². The van der Waals surface area contributed by atoms with Gasteiger partial charge in [-0.3, -0.25) is 4.79 Å². The molecule has 3 nitrogen and oxygen atoms in total. The largest absolute Gasteiger partial charge is 0.383 e. The van der Waals surface area contributed by atoms with E-state index in [1.165, 1.54) is 0 Å². The van der Waals surface area contributed by atoms with Gasteiger partial charge in [0.05, 0.1) is 6.61 Å². The van der Waals surface area contributed by atoms with Gasteiger partial charge in [0.15, 0.2) is 5.78 Å². The number of halogens is 1. The van der Waals surface area contributed by atoms with Crippen LogP contribution in [0.1, 0.15) is 31.1 Å². The van der Waals surface area contributed by atoms with E-state index in [0.29, 0.717) is 12.5 Å². The van der Waals surface area contributed by atoms with E-state index in [1.807, 2.05) is 18.2 Å². The van der Waals surface area contributed by atoms with Crippen molar-refractivity contribution >= 4 is 27.4 Å². The minimum atomic E-state index is 0.0747. The maximum absolute atomic E-state index is 11.4. The lowest BCUT2D eigenvalue weighted by Gasteiger charge is -2.27. The Morgan fingerprint density at radius 1 is 1.42 bits per heavy atom. The average molecular weight is 328 g/mol. The van der Waals surface area contributed by atoms with E-state index in [-0.39, 0.29) is 5.78 Å². The maximum atomic E-state index is 11.4. The molecule has 4 heteroatoms. The molecule has 19 heavy (non-hydrogen) atoms. The minimum Gasteiger partial charge on any atom is -0.383 e. The Morgan fingerprint density at radius 3 is 2.58 bits per heavy atom. The van der Waals surface area contributed by atoms with Crippen LogP contribution in [0.25, 0.3) is 0 Å². The second-order valence-corrected chi connectivity index (χ2v) is 5.91. The zero-order valence-corrected chi connectivity index (χ0v) is 13.7. The van der Waals surface area contributed by atoms with Gasteiger partial charge >= 0.3 is 0 Å². The number of hydrogen-bond acceptors (Lipinski definition) is 3. The van der Waals surface area contributed by atoms with Crippen molar-refractivity contribution in [3.63, 3.8) is 0 Å². The molecular weight excluding hydrogens is 306 g/mol. The summed E-state index contributed by atoms with van der Waals surface area (Å²) < 4.78 is 6.01. The summed E-state index contributed by atoms with van der Waals surface area (Å²) in [6.07, 6.45) is 0. The molecule has 0 aliphatic carbocycles. The fraction of sp³-hybridized carbons (Fsp3) is 0.533. The van der Waals surface area contributed by atoms with E-state index in [4.69, 9.17) is 4.74 Å². The first kappa shape index (κ1) is 16.2. The molecule has 0 aliphatic heterocycles. The molecule has 0 unspecified atom stereocenters. The van der Waals surface area contributed by atoms with Gasteiger partial charge < -0.3 is 9.64 Å². The smallest absolute Gasteiger partial charge is 0.160 e. The molecule has 1 aromatic rings. The highest BCUT2D eigenvalue weighted by Crippen LogP contribution is 2.25. The number of rotatable bonds is 7. The number of carbonyl (C=O) groups is 1. The van der Waals surface area contributed by atoms with Crippen LogP contribution in [0, 0.1) is 5.92 Å². The Kier molecular flexibility index (Phi) is 6.52. The number of ketones is 1. The molecule has 0 fully saturated rings. The molecule has 0 heterocycles. The van der Waals surface area contributed by atoms with Crippen molar-refractivity contribution in [1.82, 2.24) is 0 Å². The molecule has 106 valence electrons. The topological polar surface area (TPSA) is 29.5 Å². The molecule has 1 aromatic carbocycles. The minimum absolute atomic E-state index is 0.0747. The fourth-order valence-electron chi connectivity index (χ4n) is 1.95. The molecule has 0 aliphatic rings. The van der Waals surface area contributed by atoms with E-state index in [1.54, 1.807) is 14.0 Å². The Hall–Kier alpha value is -0.870. The first-order valence-corrected chi connectivity index (χ1v) is 7.29. The van der Waals surface area contributed by atoms with E-state index in [2.05, 4.69) is 34.7 Å². The summed E-state index contributed by atoms with van der Waals surface area (Å²) in [5, 5.41) is 0. The normalized spacial score (nSPS) is 10.8. The van der Waals surface area contributed by atoms with Crippen molar-refractivity contribution in [2.75, 3.05) is 31.7 Å². The van der Waals surface area contributed by atoms with Gasteiger partial charge in [-0.25, -0.2) is 0 Å². The van der Waals surface area contributed by atoms with Crippen LogP contribution >= 0.6 is 15.9 Å². The van der Waals surface area contributed by atoms with Gasteiger partial charge in [-0.15, -0.1) is 0 Å². The molecule has 0 atom stereocenters. The molecule has 0 amide bonds. The van der Waals surface area contributed by atoms with E-state index in [9.17, 15) is 4.79 Å². The Balaban J connectivity index is 2.95. The number of nitrogens with zero attached hydrogens (tertiary/aromatic N) is 1. The summed E-state index contributed by atoms with van der Waals surface area (Å²) in [5.74, 6) is 0.647. The molecule has 0 aromatic heterocycles. The number of benzene rings is 1. The quantitative estimate of drug-likeness (QED) is 0.714. The predicted octanol–water partition coefficient (Wildman–Crippen LogP) is 3.76. The third kappa shape index (κ3) is 4.96. The van der Waals surface area contributed by atoms with Crippen molar-refractivity contribution in [2.45, 2.75) is 20.8 Å². The summed E-state index contributed by atoms with van der Waals surface area (Å²) in [7, 11) is 1.71. The molecule has 0 spiro atoms. The van der Waals surface area contributed by atoms with Crippen LogP contribution < -0.4 is 4.90 Å². The van der Waals surface area contributed by atoms with Gasteiger partial charge in [0.25, 0.3) is 0 Å². The zero-order valence-electron chi connectivity index (χ0n) is 12.1. The summed E-state index contributed by atoms with van der Waals surface area (Å²) in [5.41, 5.74) is 1.84. The molecule has 0 bridgehead atoms. The molecule has 1 rings (SSSR count). The van der Waals surface area contributed by atoms with Crippen LogP contribution in [0.2, 0.25) is 0 Å². The first-order valence-electron chi connectivity index (χ1n) is 6.50. The van der Waals surface area contributed by atoms with Crippen LogP contribution in [-0.2, 0) is 4.74 Å². The maximum Gasteiger partial charge on any atom is 0.160 e. The molecule has 0 saturated heterocycles. The fourth-order valence-corrected chi connectivity index (χ4v) is 2.60. The Labute approximate surface area is 124 Å². The van der Waals surface area contributed by atoms with Crippen LogP contribution in [0.5, 0.6) is 0 Å². The monoisotopic (exact) mass is 327 g/mol. The highest BCUT2D eigenvalue weighted by atomic mass is 79.9. The number of Topliss-reactive ketones (excluding diaryl/α,β-unsaturated/α-hetero) is 1. The third-order valence-corrected chi connectivity index (χ3v) is 3.50. The second kappa shape index (κ2) is 7.65. The van der Waals surface area contributed by atoms with Crippen LogP contribution in [0.3, 0.4) is 0 Å². The van der Waals surface area contributed by atoms with Gasteiger partial charge in [-0.2, -0.15) is 0 Å². The van der Waals surface area contributed by atoms with Crippen molar-refractivity contribution in [3.8, 4) is 0 Å². The van der Waals surface area contributed by atoms with Crippen molar-refractivity contribution < 1.29 is 9.53 Å². The molecular formula is C15H22BrNO2. The summed E-state index contributed by atoms with van der Waals surface area (Å²) in [6, 6.07) is 5.89. The van der Waals surface area contributed by atoms with Gasteiger partial charge in [-0.1, -0.05) is 13.8 Å². The average Bonchev–Trinajstić information content (AvgIpc) is 2.33. The summed E-state index contributed by atoms with van der Waals surface area (Å²) >= 11 is 3.47. The molecule has 0 N–H and O–H groups in total. The predicted molar refractivity (Wildman–Crippen MR) is 83.1 cm³/mol. The molecule has 0 radical (unpaired) electrons. The highest BCUT2D eigenvalue weighted by Gasteiger charge is 2.12. The van der Waals surface area contributed by atoms with Gasteiger partial charge in [0, 0.05) is 35.9 Å². The second-order valence-electron chi connectivity index (χ2n) is 5.05. The number of anilines is 1. The molecule has 0 saturated carbocycles.